The Bertz CT molecular complexity index is 661. The predicted molar refractivity (Wildman–Crippen MR) is 137 cm³/mol. The van der Waals surface area contributed by atoms with Crippen LogP contribution in [0.15, 0.2) is 0 Å². The fourth-order valence-corrected chi connectivity index (χ4v) is 3.76. The topological polar surface area (TPSA) is 130 Å². The van der Waals surface area contributed by atoms with Crippen LogP contribution in [0, 0.1) is 11.8 Å². The summed E-state index contributed by atoms with van der Waals surface area (Å²) >= 11 is 0. The van der Waals surface area contributed by atoms with E-state index < -0.39 is 33.7 Å². The van der Waals surface area contributed by atoms with Gasteiger partial charge in [0.05, 0.1) is 47.4 Å². The summed E-state index contributed by atoms with van der Waals surface area (Å²) in [6.45, 7) is 9.38. The zero-order valence-corrected chi connectivity index (χ0v) is 23.9. The highest BCUT2D eigenvalue weighted by Crippen LogP contribution is 2.17. The minimum Gasteiger partial charge on any atom is -0.747 e. The molecule has 0 saturated carbocycles. The molecule has 9 nitrogen and oxygen atoms in total. The van der Waals surface area contributed by atoms with Crippen molar-refractivity contribution in [3.63, 3.8) is 0 Å². The minimum atomic E-state index is -5.01. The van der Waals surface area contributed by atoms with Gasteiger partial charge >= 0.3 is 11.9 Å². The smallest absolute Gasteiger partial charge is 0.323 e. The van der Waals surface area contributed by atoms with Crippen molar-refractivity contribution < 1.29 is 41.6 Å². The molecule has 0 bridgehead atoms. The van der Waals surface area contributed by atoms with Crippen molar-refractivity contribution >= 4 is 22.1 Å². The molecule has 10 heteroatoms. The number of aliphatic hydroxyl groups is 1. The summed E-state index contributed by atoms with van der Waals surface area (Å²) in [4.78, 5) is 24.1. The number of nitrogens with zero attached hydrogens (tertiary/aromatic N) is 1. The number of rotatable bonds is 18. The fourth-order valence-electron chi connectivity index (χ4n) is 3.11. The number of unbranched alkanes of at least 4 members (excludes halogenated alkanes) is 2. The third-order valence-corrected chi connectivity index (χ3v) is 6.82. The highest BCUT2D eigenvalue weighted by molar-refractivity contribution is 7.87. The fraction of sp³-hybridized carbons (Fsp3) is 0.920. The van der Waals surface area contributed by atoms with Gasteiger partial charge < -0.3 is 23.6 Å². The first-order chi connectivity index (χ1) is 16.2. The first kappa shape index (κ1) is 35.9. The second-order valence-electron chi connectivity index (χ2n) is 10.1. The highest BCUT2D eigenvalue weighted by Gasteiger charge is 2.31. The van der Waals surface area contributed by atoms with Crippen LogP contribution in [0.1, 0.15) is 85.5 Å². The molecule has 0 aromatic rings. The number of ether oxygens (including phenoxy) is 2. The predicted octanol–water partition coefficient (Wildman–Crippen LogP) is 3.49. The van der Waals surface area contributed by atoms with Gasteiger partial charge in [0, 0.05) is 0 Å². The van der Waals surface area contributed by atoms with Gasteiger partial charge in [0.2, 0.25) is 0 Å². The van der Waals surface area contributed by atoms with Gasteiger partial charge in [-0.3, -0.25) is 9.59 Å². The molecular weight excluding hydrogens is 474 g/mol. The van der Waals surface area contributed by atoms with Gasteiger partial charge in [-0.1, -0.05) is 66.2 Å². The van der Waals surface area contributed by atoms with Gasteiger partial charge in [0.25, 0.3) is 0 Å². The van der Waals surface area contributed by atoms with E-state index in [-0.39, 0.29) is 31.7 Å². The molecule has 0 spiro atoms. The van der Waals surface area contributed by atoms with E-state index in [1.54, 1.807) is 0 Å². The Morgan fingerprint density at radius 1 is 0.886 bits per heavy atom. The van der Waals surface area contributed by atoms with Gasteiger partial charge in [0.15, 0.2) is 5.25 Å². The molecule has 0 fully saturated rings. The van der Waals surface area contributed by atoms with Crippen LogP contribution in [0.5, 0.6) is 0 Å². The summed E-state index contributed by atoms with van der Waals surface area (Å²) in [5.41, 5.74) is 0. The van der Waals surface area contributed by atoms with E-state index in [9.17, 15) is 22.6 Å². The van der Waals surface area contributed by atoms with E-state index in [4.69, 9.17) is 14.6 Å². The van der Waals surface area contributed by atoms with Crippen LogP contribution in [0.25, 0.3) is 0 Å². The average molecular weight is 526 g/mol. The van der Waals surface area contributed by atoms with Crippen LogP contribution in [-0.4, -0.2) is 87.3 Å². The first-order valence-corrected chi connectivity index (χ1v) is 14.4. The maximum absolute atomic E-state index is 12.1. The summed E-state index contributed by atoms with van der Waals surface area (Å²) in [7, 11) is 1.14. The standard InChI is InChI=1S/C20H38O7S.C5H14NO/c1-5-9-11-16(7-3)14-26-19(21)13-18(28(23,24)25)20(22)27-15-17(8-4)12-10-6-2;1-6(2,3)4-5-7/h16-18H,5-15H2,1-4H3,(H,23,24,25);7H,4-5H2,1-3H3/q;+1/p-1. The number of carbonyl (C=O) groups is 2. The van der Waals surface area contributed by atoms with Crippen molar-refractivity contribution in [2.45, 2.75) is 90.7 Å². The molecule has 35 heavy (non-hydrogen) atoms. The lowest BCUT2D eigenvalue weighted by atomic mass is 10.0. The van der Waals surface area contributed by atoms with Crippen LogP contribution < -0.4 is 0 Å². The number of carbonyl (C=O) groups excluding carboxylic acids is 2. The average Bonchev–Trinajstić information content (AvgIpc) is 2.76. The molecule has 1 N–H and O–H groups in total. The van der Waals surface area contributed by atoms with Crippen molar-refractivity contribution in [2.24, 2.45) is 11.8 Å². The molecule has 0 aliphatic rings. The SMILES string of the molecule is CCCCC(CC)COC(=O)CC(C(=O)OCC(CC)CCCC)S(=O)(=O)[O-].C[N+](C)(C)CCO. The third kappa shape index (κ3) is 20.6. The van der Waals surface area contributed by atoms with E-state index >= 15 is 0 Å². The molecule has 3 unspecified atom stereocenters. The molecule has 0 radical (unpaired) electrons. The Balaban J connectivity index is 0. The molecule has 0 aromatic heterocycles. The number of hydrogen-bond donors (Lipinski definition) is 1. The quantitative estimate of drug-likeness (QED) is 0.163. The summed E-state index contributed by atoms with van der Waals surface area (Å²) in [6.07, 6.45) is 6.58. The van der Waals surface area contributed by atoms with E-state index in [0.717, 1.165) is 62.4 Å². The molecule has 0 aromatic carbocycles. The number of hydrogen-bond acceptors (Lipinski definition) is 8. The monoisotopic (exact) mass is 525 g/mol. The Morgan fingerprint density at radius 3 is 1.66 bits per heavy atom. The van der Waals surface area contributed by atoms with Crippen molar-refractivity contribution in [3.8, 4) is 0 Å². The normalized spacial score (nSPS) is 14.3. The van der Waals surface area contributed by atoms with Gasteiger partial charge in [0.1, 0.15) is 16.7 Å². The lowest BCUT2D eigenvalue weighted by Gasteiger charge is -2.21. The summed E-state index contributed by atoms with van der Waals surface area (Å²) in [5.74, 6) is -1.74. The van der Waals surface area contributed by atoms with E-state index in [2.05, 4.69) is 35.0 Å². The zero-order valence-electron chi connectivity index (χ0n) is 23.1. The summed E-state index contributed by atoms with van der Waals surface area (Å²) in [5, 5.41) is 6.33. The Morgan fingerprint density at radius 2 is 1.34 bits per heavy atom. The van der Waals surface area contributed by atoms with E-state index in [1.165, 1.54) is 0 Å². The third-order valence-electron chi connectivity index (χ3n) is 5.76. The summed E-state index contributed by atoms with van der Waals surface area (Å²) < 4.78 is 45.4. The molecule has 210 valence electrons. The Kier molecular flexibility index (Phi) is 20.4. The number of esters is 2. The molecular formula is C25H51NO8S. The molecule has 0 aliphatic heterocycles. The van der Waals surface area contributed by atoms with Crippen LogP contribution in [0.4, 0.5) is 0 Å². The number of likely N-dealkylation sites (N-methyl/N-ethyl adjacent to an activating group) is 1. The van der Waals surface area contributed by atoms with Gasteiger partial charge in [-0.2, -0.15) is 0 Å². The molecule has 0 aliphatic carbocycles. The number of quaternary nitrogens is 1. The van der Waals surface area contributed by atoms with Crippen molar-refractivity contribution in [1.82, 2.24) is 0 Å². The lowest BCUT2D eigenvalue weighted by molar-refractivity contribution is -0.870. The van der Waals surface area contributed by atoms with Crippen LogP contribution in [0.2, 0.25) is 0 Å². The van der Waals surface area contributed by atoms with Crippen molar-refractivity contribution in [1.29, 1.82) is 0 Å². The van der Waals surface area contributed by atoms with Crippen LogP contribution >= 0.6 is 0 Å². The van der Waals surface area contributed by atoms with Gasteiger partial charge in [-0.05, 0) is 24.7 Å². The second kappa shape index (κ2) is 19.9. The van der Waals surface area contributed by atoms with Crippen LogP contribution in [-0.2, 0) is 29.2 Å². The molecule has 3 atom stereocenters. The molecule has 0 saturated heterocycles. The minimum absolute atomic E-state index is 0.0470. The molecule has 0 heterocycles. The molecule has 0 amide bonds. The highest BCUT2D eigenvalue weighted by atomic mass is 32.2. The van der Waals surface area contributed by atoms with E-state index in [0.29, 0.717) is 0 Å². The Hall–Kier alpha value is -1.23. The van der Waals surface area contributed by atoms with Gasteiger partial charge in [-0.15, -0.1) is 0 Å². The second-order valence-corrected chi connectivity index (χ2v) is 11.6. The van der Waals surface area contributed by atoms with Gasteiger partial charge in [-0.25, -0.2) is 8.42 Å². The summed E-state index contributed by atoms with van der Waals surface area (Å²) in [6, 6.07) is 0. The lowest BCUT2D eigenvalue weighted by Crippen LogP contribution is -2.36. The zero-order chi connectivity index (χ0) is 27.5. The van der Waals surface area contributed by atoms with Crippen molar-refractivity contribution in [2.75, 3.05) is 47.5 Å². The number of aliphatic hydroxyl groups excluding tert-OH is 1. The maximum atomic E-state index is 12.1. The van der Waals surface area contributed by atoms with Crippen molar-refractivity contribution in [3.05, 3.63) is 0 Å². The van der Waals surface area contributed by atoms with E-state index in [1.807, 2.05) is 13.8 Å². The molecule has 0 rings (SSSR count). The Labute approximate surface area is 213 Å². The first-order valence-electron chi connectivity index (χ1n) is 12.9. The maximum Gasteiger partial charge on any atom is 0.323 e. The van der Waals surface area contributed by atoms with Crippen LogP contribution in [0.3, 0.4) is 0 Å². The largest absolute Gasteiger partial charge is 0.747 e.